The van der Waals surface area contributed by atoms with E-state index in [0.29, 0.717) is 22.2 Å². The summed E-state index contributed by atoms with van der Waals surface area (Å²) in [7, 11) is 1.49. The Bertz CT molecular complexity index is 535. The van der Waals surface area contributed by atoms with E-state index < -0.39 is 5.97 Å². The molecule has 0 saturated carbocycles. The molecular formula is C13H14N2O3S. The third kappa shape index (κ3) is 4.64. The average Bonchev–Trinajstić information content (AvgIpc) is 2.38. The minimum absolute atomic E-state index is 0.246. The highest BCUT2D eigenvalue weighted by molar-refractivity contribution is 8.13. The molecule has 0 bridgehead atoms. The van der Waals surface area contributed by atoms with E-state index in [2.05, 4.69) is 4.99 Å². The minimum atomic E-state index is -0.429. The first kappa shape index (κ1) is 15.1. The normalized spacial score (nSPS) is 10.7. The van der Waals surface area contributed by atoms with E-state index in [1.54, 1.807) is 18.2 Å². The number of hydrogen-bond donors (Lipinski definition) is 0. The standard InChI is InChI=1S/C13H14N2O3S/c1-9(16)18-12-8-10(4-5-11(12)17-2)15-13(19-3)6-7-14/h4-5,8H,6H2,1-3H3. The highest BCUT2D eigenvalue weighted by Gasteiger charge is 2.08. The Balaban J connectivity index is 3.10. The van der Waals surface area contributed by atoms with Crippen LogP contribution in [0.3, 0.4) is 0 Å². The van der Waals surface area contributed by atoms with Gasteiger partial charge in [0.1, 0.15) is 0 Å². The van der Waals surface area contributed by atoms with Crippen LogP contribution >= 0.6 is 11.8 Å². The van der Waals surface area contributed by atoms with Crippen LogP contribution in [0.25, 0.3) is 0 Å². The van der Waals surface area contributed by atoms with Gasteiger partial charge in [-0.25, -0.2) is 4.99 Å². The molecule has 0 radical (unpaired) electrons. The molecule has 0 aliphatic rings. The zero-order chi connectivity index (χ0) is 14.3. The van der Waals surface area contributed by atoms with Crippen LogP contribution in [0, 0.1) is 11.3 Å². The summed E-state index contributed by atoms with van der Waals surface area (Å²) < 4.78 is 10.1. The summed E-state index contributed by atoms with van der Waals surface area (Å²) in [6.45, 7) is 1.32. The molecule has 0 atom stereocenters. The van der Waals surface area contributed by atoms with Gasteiger partial charge in [-0.05, 0) is 18.4 Å². The molecule has 0 amide bonds. The number of aliphatic imine (C=N–C) groups is 1. The summed E-state index contributed by atoms with van der Waals surface area (Å²) in [5, 5.41) is 9.36. The second-order valence-electron chi connectivity index (χ2n) is 3.47. The number of carbonyl (C=O) groups is 1. The van der Waals surface area contributed by atoms with Gasteiger partial charge in [-0.2, -0.15) is 5.26 Å². The molecule has 0 saturated heterocycles. The highest BCUT2D eigenvalue weighted by atomic mass is 32.2. The molecule has 0 aromatic heterocycles. The molecule has 0 unspecified atom stereocenters. The molecule has 100 valence electrons. The van der Waals surface area contributed by atoms with E-state index in [9.17, 15) is 4.79 Å². The zero-order valence-corrected chi connectivity index (χ0v) is 11.8. The van der Waals surface area contributed by atoms with E-state index in [-0.39, 0.29) is 6.42 Å². The fraction of sp³-hybridized carbons (Fsp3) is 0.308. The van der Waals surface area contributed by atoms with Gasteiger partial charge in [-0.1, -0.05) is 0 Å². The van der Waals surface area contributed by atoms with Crippen LogP contribution in [0.5, 0.6) is 11.5 Å². The first-order valence-electron chi connectivity index (χ1n) is 5.45. The number of thioether (sulfide) groups is 1. The average molecular weight is 278 g/mol. The molecule has 6 heteroatoms. The molecule has 1 aromatic carbocycles. The van der Waals surface area contributed by atoms with Crippen LogP contribution in [-0.2, 0) is 4.79 Å². The van der Waals surface area contributed by atoms with Crippen molar-refractivity contribution < 1.29 is 14.3 Å². The molecule has 1 rings (SSSR count). The van der Waals surface area contributed by atoms with Gasteiger partial charge in [-0.3, -0.25) is 4.79 Å². The number of benzene rings is 1. The molecule has 0 spiro atoms. The zero-order valence-electron chi connectivity index (χ0n) is 11.0. The molecular weight excluding hydrogens is 264 g/mol. The molecule has 0 aliphatic heterocycles. The highest BCUT2D eigenvalue weighted by Crippen LogP contribution is 2.32. The Labute approximate surface area is 116 Å². The predicted octanol–water partition coefficient (Wildman–Crippen LogP) is 2.93. The maximum atomic E-state index is 11.0. The number of nitrogens with zero attached hydrogens (tertiary/aromatic N) is 2. The third-order valence-corrected chi connectivity index (χ3v) is 2.83. The maximum absolute atomic E-state index is 11.0. The SMILES string of the molecule is COc1ccc(N=C(CC#N)SC)cc1OC(C)=O. The van der Waals surface area contributed by atoms with Crippen molar-refractivity contribution in [1.29, 1.82) is 5.26 Å². The Morgan fingerprint density at radius 3 is 2.74 bits per heavy atom. The van der Waals surface area contributed by atoms with Crippen molar-refractivity contribution in [2.75, 3.05) is 13.4 Å². The van der Waals surface area contributed by atoms with Crippen molar-refractivity contribution in [2.45, 2.75) is 13.3 Å². The quantitative estimate of drug-likeness (QED) is 0.366. The number of methoxy groups -OCH3 is 1. The number of hydrogen-bond acceptors (Lipinski definition) is 6. The van der Waals surface area contributed by atoms with Crippen LogP contribution in [0.15, 0.2) is 23.2 Å². The monoisotopic (exact) mass is 278 g/mol. The van der Waals surface area contributed by atoms with Crippen LogP contribution in [-0.4, -0.2) is 24.4 Å². The van der Waals surface area contributed by atoms with Gasteiger partial charge in [0.2, 0.25) is 0 Å². The summed E-state index contributed by atoms with van der Waals surface area (Å²) >= 11 is 1.41. The Hall–Kier alpha value is -2.00. The molecule has 19 heavy (non-hydrogen) atoms. The van der Waals surface area contributed by atoms with E-state index in [4.69, 9.17) is 14.7 Å². The fourth-order valence-electron chi connectivity index (χ4n) is 1.34. The predicted molar refractivity (Wildman–Crippen MR) is 75.1 cm³/mol. The fourth-order valence-corrected chi connectivity index (χ4v) is 1.74. The van der Waals surface area contributed by atoms with Gasteiger partial charge in [0.25, 0.3) is 0 Å². The van der Waals surface area contributed by atoms with Gasteiger partial charge in [-0.15, -0.1) is 11.8 Å². The lowest BCUT2D eigenvalue weighted by atomic mass is 10.3. The van der Waals surface area contributed by atoms with Crippen molar-refractivity contribution in [1.82, 2.24) is 0 Å². The first-order chi connectivity index (χ1) is 9.10. The van der Waals surface area contributed by atoms with Crippen LogP contribution in [0.4, 0.5) is 5.69 Å². The van der Waals surface area contributed by atoms with Gasteiger partial charge in [0, 0.05) is 13.0 Å². The minimum Gasteiger partial charge on any atom is -0.493 e. The summed E-state index contributed by atoms with van der Waals surface area (Å²) in [5.41, 5.74) is 0.608. The first-order valence-corrected chi connectivity index (χ1v) is 6.68. The van der Waals surface area contributed by atoms with Crippen LogP contribution < -0.4 is 9.47 Å². The summed E-state index contributed by atoms with van der Waals surface area (Å²) in [5.74, 6) is 0.343. The lowest BCUT2D eigenvalue weighted by molar-refractivity contribution is -0.132. The van der Waals surface area contributed by atoms with E-state index in [1.165, 1.54) is 25.8 Å². The maximum Gasteiger partial charge on any atom is 0.308 e. The molecule has 0 fully saturated rings. The van der Waals surface area contributed by atoms with Crippen LogP contribution in [0.2, 0.25) is 0 Å². The van der Waals surface area contributed by atoms with E-state index in [0.717, 1.165) is 0 Å². The number of nitriles is 1. The second-order valence-corrected chi connectivity index (χ2v) is 4.35. The number of esters is 1. The van der Waals surface area contributed by atoms with E-state index in [1.807, 2.05) is 12.3 Å². The van der Waals surface area contributed by atoms with Gasteiger partial charge < -0.3 is 9.47 Å². The van der Waals surface area contributed by atoms with Gasteiger partial charge in [0.15, 0.2) is 11.5 Å². The lowest BCUT2D eigenvalue weighted by Gasteiger charge is -2.08. The number of ether oxygens (including phenoxy) is 2. The largest absolute Gasteiger partial charge is 0.493 e. The topological polar surface area (TPSA) is 71.7 Å². The molecule has 0 heterocycles. The van der Waals surface area contributed by atoms with Crippen LogP contribution in [0.1, 0.15) is 13.3 Å². The van der Waals surface area contributed by atoms with Gasteiger partial charge in [0.05, 0.1) is 30.3 Å². The van der Waals surface area contributed by atoms with E-state index >= 15 is 0 Å². The lowest BCUT2D eigenvalue weighted by Crippen LogP contribution is -2.02. The van der Waals surface area contributed by atoms with Crippen molar-refractivity contribution >= 4 is 28.5 Å². The van der Waals surface area contributed by atoms with Crippen molar-refractivity contribution in [3.8, 4) is 17.6 Å². The van der Waals surface area contributed by atoms with Gasteiger partial charge >= 0.3 is 5.97 Å². The van der Waals surface area contributed by atoms with Crippen molar-refractivity contribution in [3.05, 3.63) is 18.2 Å². The number of rotatable bonds is 4. The summed E-state index contributed by atoms with van der Waals surface area (Å²) in [6.07, 6.45) is 2.10. The summed E-state index contributed by atoms with van der Waals surface area (Å²) in [4.78, 5) is 15.3. The summed E-state index contributed by atoms with van der Waals surface area (Å²) in [6, 6.07) is 7.06. The number of carbonyl (C=O) groups excluding carboxylic acids is 1. The Morgan fingerprint density at radius 1 is 1.47 bits per heavy atom. The Kier molecular flexibility index (Phi) is 5.90. The third-order valence-electron chi connectivity index (χ3n) is 2.12. The molecule has 0 N–H and O–H groups in total. The Morgan fingerprint density at radius 2 is 2.21 bits per heavy atom. The molecule has 1 aromatic rings. The van der Waals surface area contributed by atoms with Crippen molar-refractivity contribution in [2.24, 2.45) is 4.99 Å². The molecule has 5 nitrogen and oxygen atoms in total. The van der Waals surface area contributed by atoms with Crippen molar-refractivity contribution in [3.63, 3.8) is 0 Å². The smallest absolute Gasteiger partial charge is 0.308 e. The second kappa shape index (κ2) is 7.44. The molecule has 0 aliphatic carbocycles.